The van der Waals surface area contributed by atoms with Crippen LogP contribution in [0, 0.1) is 17.8 Å². The first kappa shape index (κ1) is 13.4. The van der Waals surface area contributed by atoms with Crippen LogP contribution in [0.5, 0.6) is 0 Å². The maximum atomic E-state index is 10.5. The molecule has 4 atom stereocenters. The molecule has 0 spiro atoms. The predicted octanol–water partition coefficient (Wildman–Crippen LogP) is 2.95. The molecule has 2 heteroatoms. The molecule has 2 rings (SSSR count). The Bertz CT molecular complexity index is 267. The van der Waals surface area contributed by atoms with Gasteiger partial charge in [-0.05, 0) is 71.1 Å². The maximum absolute atomic E-state index is 10.5. The molecule has 0 aromatic carbocycles. The summed E-state index contributed by atoms with van der Waals surface area (Å²) in [7, 11) is 0. The molecule has 4 unspecified atom stereocenters. The van der Waals surface area contributed by atoms with E-state index in [1.807, 2.05) is 6.92 Å². The Morgan fingerprint density at radius 1 is 1.12 bits per heavy atom. The van der Waals surface area contributed by atoms with Gasteiger partial charge in [-0.2, -0.15) is 0 Å². The fourth-order valence-electron chi connectivity index (χ4n) is 3.72. The summed E-state index contributed by atoms with van der Waals surface area (Å²) in [6.45, 7) is 9.17. The van der Waals surface area contributed by atoms with E-state index in [0.717, 1.165) is 24.2 Å². The maximum Gasteiger partial charge on any atom is 0.0746 e. The van der Waals surface area contributed by atoms with Gasteiger partial charge in [0.25, 0.3) is 0 Å². The van der Waals surface area contributed by atoms with Crippen molar-refractivity contribution < 1.29 is 5.11 Å². The minimum Gasteiger partial charge on any atom is -0.389 e. The Morgan fingerprint density at radius 2 is 1.82 bits per heavy atom. The number of rotatable bonds is 4. The fourth-order valence-corrected chi connectivity index (χ4v) is 3.72. The summed E-state index contributed by atoms with van der Waals surface area (Å²) in [5.74, 6) is 2.68. The van der Waals surface area contributed by atoms with Crippen LogP contribution in [0.4, 0.5) is 0 Å². The Kier molecular flexibility index (Phi) is 3.57. The van der Waals surface area contributed by atoms with E-state index in [4.69, 9.17) is 0 Å². The van der Waals surface area contributed by atoms with Gasteiger partial charge in [-0.15, -0.1) is 0 Å². The summed E-state index contributed by atoms with van der Waals surface area (Å²) in [6.07, 6.45) is 6.66. The van der Waals surface area contributed by atoms with Crippen LogP contribution in [0.25, 0.3) is 0 Å². The standard InChI is InChI=1S/C15H29NO/c1-14(2,3)16-10-15(4,17)9-13-8-11-5-6-12(13)7-11/h11-13,16-17H,5-10H2,1-4H3. The fraction of sp³-hybridized carbons (Fsp3) is 1.00. The molecule has 0 amide bonds. The summed E-state index contributed by atoms with van der Waals surface area (Å²) >= 11 is 0. The lowest BCUT2D eigenvalue weighted by atomic mass is 9.80. The number of fused-ring (bicyclic) bond motifs is 2. The Morgan fingerprint density at radius 3 is 2.29 bits per heavy atom. The summed E-state index contributed by atoms with van der Waals surface area (Å²) in [5, 5.41) is 13.9. The Hall–Kier alpha value is -0.0800. The van der Waals surface area contributed by atoms with Gasteiger partial charge in [-0.1, -0.05) is 6.42 Å². The third-order valence-corrected chi connectivity index (χ3v) is 4.59. The van der Waals surface area contributed by atoms with Gasteiger partial charge in [-0.25, -0.2) is 0 Å². The highest BCUT2D eigenvalue weighted by atomic mass is 16.3. The number of nitrogens with one attached hydrogen (secondary N) is 1. The first-order valence-corrected chi connectivity index (χ1v) is 7.23. The second kappa shape index (κ2) is 4.55. The zero-order chi connectivity index (χ0) is 12.7. The van der Waals surface area contributed by atoms with Crippen LogP contribution in [0.1, 0.15) is 59.8 Å². The molecule has 0 saturated heterocycles. The number of aliphatic hydroxyl groups is 1. The molecule has 0 heterocycles. The van der Waals surface area contributed by atoms with Crippen molar-refractivity contribution in [2.75, 3.05) is 6.54 Å². The molecule has 100 valence electrons. The molecule has 2 aliphatic rings. The first-order valence-electron chi connectivity index (χ1n) is 7.23. The van der Waals surface area contributed by atoms with Crippen molar-refractivity contribution in [1.82, 2.24) is 5.32 Å². The van der Waals surface area contributed by atoms with Crippen LogP contribution in [0.15, 0.2) is 0 Å². The summed E-state index contributed by atoms with van der Waals surface area (Å²) in [6, 6.07) is 0. The lowest BCUT2D eigenvalue weighted by Gasteiger charge is -2.33. The minimum atomic E-state index is -0.539. The molecular formula is C15H29NO. The molecule has 0 aromatic rings. The van der Waals surface area contributed by atoms with E-state index in [1.165, 1.54) is 25.7 Å². The molecule has 0 radical (unpaired) electrons. The van der Waals surface area contributed by atoms with Crippen LogP contribution < -0.4 is 5.32 Å². The summed E-state index contributed by atoms with van der Waals surface area (Å²) in [4.78, 5) is 0. The second-order valence-corrected chi connectivity index (χ2v) is 7.74. The van der Waals surface area contributed by atoms with Crippen molar-refractivity contribution in [3.8, 4) is 0 Å². The number of hydrogen-bond acceptors (Lipinski definition) is 2. The molecular weight excluding hydrogens is 210 g/mol. The van der Waals surface area contributed by atoms with Crippen LogP contribution in [0.2, 0.25) is 0 Å². The van der Waals surface area contributed by atoms with E-state index in [9.17, 15) is 5.11 Å². The number of hydrogen-bond donors (Lipinski definition) is 2. The Balaban J connectivity index is 1.81. The van der Waals surface area contributed by atoms with Gasteiger partial charge >= 0.3 is 0 Å². The van der Waals surface area contributed by atoms with E-state index in [-0.39, 0.29) is 5.54 Å². The van der Waals surface area contributed by atoms with Gasteiger partial charge in [0.15, 0.2) is 0 Å². The molecule has 17 heavy (non-hydrogen) atoms. The van der Waals surface area contributed by atoms with Crippen LogP contribution >= 0.6 is 0 Å². The van der Waals surface area contributed by atoms with Gasteiger partial charge in [0, 0.05) is 12.1 Å². The Labute approximate surface area is 106 Å². The van der Waals surface area contributed by atoms with E-state index in [0.29, 0.717) is 6.54 Å². The second-order valence-electron chi connectivity index (χ2n) is 7.74. The largest absolute Gasteiger partial charge is 0.389 e. The van der Waals surface area contributed by atoms with Crippen LogP contribution in [-0.2, 0) is 0 Å². The van der Waals surface area contributed by atoms with Gasteiger partial charge < -0.3 is 10.4 Å². The van der Waals surface area contributed by atoms with E-state index < -0.39 is 5.60 Å². The van der Waals surface area contributed by atoms with Crippen molar-refractivity contribution >= 4 is 0 Å². The van der Waals surface area contributed by atoms with E-state index in [1.54, 1.807) is 0 Å². The average molecular weight is 239 g/mol. The lowest BCUT2D eigenvalue weighted by Crippen LogP contribution is -2.47. The quantitative estimate of drug-likeness (QED) is 0.790. The molecule has 2 saturated carbocycles. The third-order valence-electron chi connectivity index (χ3n) is 4.59. The third kappa shape index (κ3) is 3.69. The first-order chi connectivity index (χ1) is 7.75. The molecule has 0 aliphatic heterocycles. The van der Waals surface area contributed by atoms with Crippen molar-refractivity contribution in [3.05, 3.63) is 0 Å². The zero-order valence-electron chi connectivity index (χ0n) is 11.9. The highest BCUT2D eigenvalue weighted by Crippen LogP contribution is 2.50. The normalized spacial score (nSPS) is 36.2. The van der Waals surface area contributed by atoms with Gasteiger partial charge in [-0.3, -0.25) is 0 Å². The average Bonchev–Trinajstić information content (AvgIpc) is 2.74. The highest BCUT2D eigenvalue weighted by molar-refractivity contribution is 4.94. The summed E-state index contributed by atoms with van der Waals surface area (Å²) < 4.78 is 0. The van der Waals surface area contributed by atoms with Crippen molar-refractivity contribution in [2.24, 2.45) is 17.8 Å². The zero-order valence-corrected chi connectivity index (χ0v) is 11.9. The molecule has 2 bridgehead atoms. The van der Waals surface area contributed by atoms with Crippen molar-refractivity contribution in [3.63, 3.8) is 0 Å². The van der Waals surface area contributed by atoms with E-state index >= 15 is 0 Å². The van der Waals surface area contributed by atoms with Crippen LogP contribution in [-0.4, -0.2) is 22.8 Å². The van der Waals surface area contributed by atoms with Gasteiger partial charge in [0.2, 0.25) is 0 Å². The van der Waals surface area contributed by atoms with Gasteiger partial charge in [0.05, 0.1) is 5.60 Å². The molecule has 2 fully saturated rings. The van der Waals surface area contributed by atoms with Crippen molar-refractivity contribution in [2.45, 2.75) is 70.9 Å². The van der Waals surface area contributed by atoms with Crippen molar-refractivity contribution in [1.29, 1.82) is 0 Å². The predicted molar refractivity (Wildman–Crippen MR) is 71.9 cm³/mol. The summed E-state index contributed by atoms with van der Waals surface area (Å²) in [5.41, 5.74) is -0.443. The highest BCUT2D eigenvalue weighted by Gasteiger charge is 2.42. The SMILES string of the molecule is CC(O)(CNC(C)(C)C)CC1CC2CCC1C2. The lowest BCUT2D eigenvalue weighted by molar-refractivity contribution is 0.0196. The van der Waals surface area contributed by atoms with Gasteiger partial charge in [0.1, 0.15) is 0 Å². The topological polar surface area (TPSA) is 32.3 Å². The monoisotopic (exact) mass is 239 g/mol. The molecule has 2 N–H and O–H groups in total. The minimum absolute atomic E-state index is 0.0959. The van der Waals surface area contributed by atoms with Crippen LogP contribution in [0.3, 0.4) is 0 Å². The molecule has 0 aromatic heterocycles. The molecule has 2 nitrogen and oxygen atoms in total. The number of β-amino-alcohol motifs (C(OH)–C–C–N with tert-alkyl or cyclic N) is 1. The molecule has 2 aliphatic carbocycles. The smallest absolute Gasteiger partial charge is 0.0746 e. The van der Waals surface area contributed by atoms with E-state index in [2.05, 4.69) is 26.1 Å².